The molecule has 46 heavy (non-hydrogen) atoms. The number of hydrogen-bond acceptors (Lipinski definition) is 7. The van der Waals surface area contributed by atoms with Gasteiger partial charge in [-0.1, -0.05) is 40.5 Å². The minimum absolute atomic E-state index is 0.148. The van der Waals surface area contributed by atoms with Crippen molar-refractivity contribution in [1.82, 2.24) is 25.3 Å². The van der Waals surface area contributed by atoms with Crippen molar-refractivity contribution in [1.29, 1.82) is 0 Å². The SMILES string of the molecule is CC[C@@H](C)[C@@H](C(=O)N[C@@H](C(=O)N1CC[C@@H]2Oc3ccc(OC)c(c3)C=CNC(=O)[C@@H]3CCCN3C(=O)[C@H]21)[C@@H](C)CC)N(C)C(C)=O. The van der Waals surface area contributed by atoms with E-state index in [1.807, 2.05) is 27.7 Å². The van der Waals surface area contributed by atoms with Crippen molar-refractivity contribution in [2.45, 2.75) is 97.0 Å². The molecule has 0 unspecified atom stereocenters. The molecule has 2 saturated heterocycles. The zero-order valence-corrected chi connectivity index (χ0v) is 28.1. The van der Waals surface area contributed by atoms with Gasteiger partial charge in [0.15, 0.2) is 0 Å². The molecule has 5 amide bonds. The molecular formula is C34H49N5O7. The Balaban J connectivity index is 1.71. The first kappa shape index (κ1) is 34.8. The van der Waals surface area contributed by atoms with Gasteiger partial charge in [0.25, 0.3) is 0 Å². The van der Waals surface area contributed by atoms with Gasteiger partial charge >= 0.3 is 0 Å². The predicted molar refractivity (Wildman–Crippen MR) is 173 cm³/mol. The highest BCUT2D eigenvalue weighted by Gasteiger charge is 2.50. The monoisotopic (exact) mass is 639 g/mol. The molecule has 0 spiro atoms. The Hall–Kier alpha value is -4.09. The zero-order chi connectivity index (χ0) is 33.7. The molecule has 7 atom stereocenters. The summed E-state index contributed by atoms with van der Waals surface area (Å²) in [6.07, 6.45) is 5.36. The van der Waals surface area contributed by atoms with Crippen LogP contribution < -0.4 is 20.1 Å². The Bertz CT molecular complexity index is 1350. The summed E-state index contributed by atoms with van der Waals surface area (Å²) in [5, 5.41) is 5.78. The highest BCUT2D eigenvalue weighted by Crippen LogP contribution is 2.32. The van der Waals surface area contributed by atoms with Crippen LogP contribution >= 0.6 is 0 Å². The standard InChI is InChI=1S/C34H49N5O7/c1-8-20(3)28(36-32(42)29(21(4)9-2)37(6)22(5)40)33(43)39-18-15-27-30(39)34(44)38-17-10-11-25(38)31(41)35-16-14-23-19-24(46-27)12-13-26(23)45-7/h12-14,16,19-21,25,27-30H,8-11,15,17-18H2,1-7H3,(H,35,41)(H,36,42)/t20-,21+,25-,27-,28+,29-,30-/m0/s1. The van der Waals surface area contributed by atoms with Gasteiger partial charge in [-0.2, -0.15) is 0 Å². The average Bonchev–Trinajstić information content (AvgIpc) is 3.70. The number of benzene rings is 1. The van der Waals surface area contributed by atoms with E-state index in [1.165, 1.54) is 22.9 Å². The zero-order valence-electron chi connectivity index (χ0n) is 28.1. The summed E-state index contributed by atoms with van der Waals surface area (Å²) in [6, 6.07) is 1.89. The number of hydrogen-bond donors (Lipinski definition) is 2. The topological polar surface area (TPSA) is 138 Å². The van der Waals surface area contributed by atoms with Gasteiger partial charge in [-0.3, -0.25) is 24.0 Å². The van der Waals surface area contributed by atoms with E-state index in [4.69, 9.17) is 9.47 Å². The maximum absolute atomic E-state index is 14.5. The van der Waals surface area contributed by atoms with Gasteiger partial charge in [-0.25, -0.2) is 0 Å². The van der Waals surface area contributed by atoms with Crippen LogP contribution in [0, 0.1) is 11.8 Å². The molecule has 0 saturated carbocycles. The molecular weight excluding hydrogens is 590 g/mol. The molecule has 12 heteroatoms. The van der Waals surface area contributed by atoms with Crippen LogP contribution in [0.15, 0.2) is 24.4 Å². The molecule has 1 aromatic rings. The Morgan fingerprint density at radius 2 is 1.83 bits per heavy atom. The van der Waals surface area contributed by atoms with E-state index in [9.17, 15) is 24.0 Å². The maximum atomic E-state index is 14.5. The third-order valence-electron chi connectivity index (χ3n) is 9.84. The number of ether oxygens (including phenoxy) is 2. The van der Waals surface area contributed by atoms with E-state index in [0.29, 0.717) is 55.7 Å². The van der Waals surface area contributed by atoms with Crippen molar-refractivity contribution in [2.24, 2.45) is 11.8 Å². The lowest BCUT2D eigenvalue weighted by Crippen LogP contribution is -2.61. The summed E-state index contributed by atoms with van der Waals surface area (Å²) in [5.74, 6) is -1.03. The summed E-state index contributed by atoms with van der Waals surface area (Å²) in [7, 11) is 3.15. The van der Waals surface area contributed by atoms with E-state index < -0.39 is 36.2 Å². The van der Waals surface area contributed by atoms with Crippen molar-refractivity contribution in [3.63, 3.8) is 0 Å². The van der Waals surface area contributed by atoms with Gasteiger partial charge in [0.1, 0.15) is 41.8 Å². The van der Waals surface area contributed by atoms with Crippen LogP contribution in [-0.2, 0) is 24.0 Å². The molecule has 1 aromatic carbocycles. The van der Waals surface area contributed by atoms with Gasteiger partial charge in [0.05, 0.1) is 7.11 Å². The smallest absolute Gasteiger partial charge is 0.249 e. The van der Waals surface area contributed by atoms with Gasteiger partial charge in [0, 0.05) is 45.2 Å². The Labute approximate surface area is 271 Å². The Kier molecular flexibility index (Phi) is 11.3. The second-order valence-corrected chi connectivity index (χ2v) is 12.7. The minimum Gasteiger partial charge on any atom is -0.496 e. The highest BCUT2D eigenvalue weighted by molar-refractivity contribution is 5.96. The highest BCUT2D eigenvalue weighted by atomic mass is 16.5. The number of nitrogens with one attached hydrogen (secondary N) is 2. The second kappa shape index (κ2) is 15.0. The van der Waals surface area contributed by atoms with Crippen molar-refractivity contribution in [3.05, 3.63) is 30.0 Å². The van der Waals surface area contributed by atoms with Crippen LogP contribution in [0.5, 0.6) is 11.5 Å². The Morgan fingerprint density at radius 3 is 2.48 bits per heavy atom. The number of likely N-dealkylation sites (N-methyl/N-ethyl adjacent to an activating group) is 1. The number of carbonyl (C=O) groups is 5. The van der Waals surface area contributed by atoms with Crippen LogP contribution in [0.3, 0.4) is 0 Å². The molecule has 3 heterocycles. The fourth-order valence-electron chi connectivity index (χ4n) is 6.64. The summed E-state index contributed by atoms with van der Waals surface area (Å²) in [5.41, 5.74) is 0.683. The van der Waals surface area contributed by atoms with E-state index in [0.717, 1.165) is 0 Å². The number of nitrogens with zero attached hydrogens (tertiary/aromatic N) is 3. The lowest BCUT2D eigenvalue weighted by atomic mass is 9.93. The molecule has 2 bridgehead atoms. The number of methoxy groups -OCH3 is 1. The van der Waals surface area contributed by atoms with Crippen LogP contribution in [-0.4, -0.2) is 102 Å². The average molecular weight is 640 g/mol. The summed E-state index contributed by atoms with van der Waals surface area (Å²) in [4.78, 5) is 72.7. The molecule has 2 fully saturated rings. The molecule has 0 aliphatic carbocycles. The van der Waals surface area contributed by atoms with Gasteiger partial charge in [-0.05, 0) is 49.0 Å². The Morgan fingerprint density at radius 1 is 1.11 bits per heavy atom. The van der Waals surface area contributed by atoms with Crippen LogP contribution in [0.4, 0.5) is 0 Å². The fourth-order valence-corrected chi connectivity index (χ4v) is 6.64. The van der Waals surface area contributed by atoms with E-state index in [-0.39, 0.29) is 42.0 Å². The lowest BCUT2D eigenvalue weighted by Gasteiger charge is -2.37. The molecule has 12 nitrogen and oxygen atoms in total. The van der Waals surface area contributed by atoms with Gasteiger partial charge < -0.3 is 34.8 Å². The van der Waals surface area contributed by atoms with Gasteiger partial charge in [-0.15, -0.1) is 0 Å². The molecule has 0 aromatic heterocycles. The number of fused-ring (bicyclic) bond motifs is 4. The number of amides is 5. The van der Waals surface area contributed by atoms with Crippen LogP contribution in [0.2, 0.25) is 0 Å². The molecule has 2 N–H and O–H groups in total. The third kappa shape index (κ3) is 7.15. The van der Waals surface area contributed by atoms with Crippen molar-refractivity contribution >= 4 is 35.6 Å². The number of likely N-dealkylation sites (tertiary alicyclic amines) is 1. The van der Waals surface area contributed by atoms with E-state index >= 15 is 0 Å². The molecule has 252 valence electrons. The molecule has 0 radical (unpaired) electrons. The van der Waals surface area contributed by atoms with Crippen LogP contribution in [0.1, 0.15) is 72.3 Å². The molecule has 4 rings (SSSR count). The first-order valence-electron chi connectivity index (χ1n) is 16.4. The summed E-state index contributed by atoms with van der Waals surface area (Å²) >= 11 is 0. The molecule has 3 aliphatic heterocycles. The second-order valence-electron chi connectivity index (χ2n) is 12.7. The van der Waals surface area contributed by atoms with Crippen LogP contribution in [0.25, 0.3) is 6.08 Å². The number of carbonyl (C=O) groups excluding carboxylic acids is 5. The quantitative estimate of drug-likeness (QED) is 0.424. The van der Waals surface area contributed by atoms with Crippen molar-refractivity contribution in [3.8, 4) is 11.5 Å². The largest absolute Gasteiger partial charge is 0.496 e. The lowest BCUT2D eigenvalue weighted by molar-refractivity contribution is -0.151. The third-order valence-corrected chi connectivity index (χ3v) is 9.84. The summed E-state index contributed by atoms with van der Waals surface area (Å²) < 4.78 is 11.9. The van der Waals surface area contributed by atoms with Gasteiger partial charge in [0.2, 0.25) is 29.5 Å². The van der Waals surface area contributed by atoms with Crippen molar-refractivity contribution in [2.75, 3.05) is 27.2 Å². The fraction of sp³-hybridized carbons (Fsp3) is 0.618. The first-order chi connectivity index (χ1) is 21.9. The first-order valence-corrected chi connectivity index (χ1v) is 16.4. The maximum Gasteiger partial charge on any atom is 0.249 e. The number of rotatable bonds is 9. The van der Waals surface area contributed by atoms with Crippen molar-refractivity contribution < 1.29 is 33.4 Å². The predicted octanol–water partition coefficient (Wildman–Crippen LogP) is 2.56. The molecule has 3 aliphatic rings. The normalized spacial score (nSPS) is 23.7. The minimum atomic E-state index is -1.01. The summed E-state index contributed by atoms with van der Waals surface area (Å²) in [6.45, 7) is 9.71. The van der Waals surface area contributed by atoms with E-state index in [2.05, 4.69) is 10.6 Å². The van der Waals surface area contributed by atoms with E-state index in [1.54, 1.807) is 43.3 Å².